The van der Waals surface area contributed by atoms with E-state index in [0.29, 0.717) is 5.92 Å². The van der Waals surface area contributed by atoms with Gasteiger partial charge in [0.1, 0.15) is 0 Å². The molecule has 1 fully saturated rings. The zero-order chi connectivity index (χ0) is 7.56. The highest BCUT2D eigenvalue weighted by Crippen LogP contribution is 2.20. The van der Waals surface area contributed by atoms with Crippen molar-refractivity contribution in [3.8, 4) is 0 Å². The molecule has 60 valence electrons. The minimum atomic E-state index is -0.508. The van der Waals surface area contributed by atoms with Crippen LogP contribution >= 0.6 is 0 Å². The molecule has 2 heteroatoms. The second-order valence-electron chi connectivity index (χ2n) is 3.55. The average molecular weight is 160 g/mol. The van der Waals surface area contributed by atoms with Gasteiger partial charge >= 0.3 is 0 Å². The van der Waals surface area contributed by atoms with Crippen molar-refractivity contribution >= 4 is 10.8 Å². The molecular formula is C8H16OS. The summed E-state index contributed by atoms with van der Waals surface area (Å²) in [6.07, 6.45) is 2.43. The SMILES string of the molecule is CC1CCS(=O)CC(C)C1. The Bertz CT molecular complexity index is 133. The zero-order valence-electron chi connectivity index (χ0n) is 6.80. The summed E-state index contributed by atoms with van der Waals surface area (Å²) in [5, 5.41) is 0. The highest BCUT2D eigenvalue weighted by molar-refractivity contribution is 7.84. The van der Waals surface area contributed by atoms with Gasteiger partial charge < -0.3 is 0 Å². The van der Waals surface area contributed by atoms with Crippen molar-refractivity contribution in [1.29, 1.82) is 0 Å². The third-order valence-corrected chi connectivity index (χ3v) is 3.75. The first-order chi connectivity index (χ1) is 4.68. The molecule has 10 heavy (non-hydrogen) atoms. The molecule has 0 saturated carbocycles. The van der Waals surface area contributed by atoms with E-state index in [1.54, 1.807) is 0 Å². The fourth-order valence-corrected chi connectivity index (χ4v) is 3.21. The van der Waals surface area contributed by atoms with Crippen LogP contribution in [0.4, 0.5) is 0 Å². The van der Waals surface area contributed by atoms with E-state index in [1.165, 1.54) is 6.42 Å². The van der Waals surface area contributed by atoms with E-state index < -0.39 is 10.8 Å². The monoisotopic (exact) mass is 160 g/mol. The van der Waals surface area contributed by atoms with Crippen LogP contribution in [-0.4, -0.2) is 15.7 Å². The van der Waals surface area contributed by atoms with E-state index >= 15 is 0 Å². The fraction of sp³-hybridized carbons (Fsp3) is 1.00. The van der Waals surface area contributed by atoms with Gasteiger partial charge in [0.15, 0.2) is 0 Å². The van der Waals surface area contributed by atoms with Crippen molar-refractivity contribution in [1.82, 2.24) is 0 Å². The maximum Gasteiger partial charge on any atom is 0.0260 e. The first kappa shape index (κ1) is 8.25. The largest absolute Gasteiger partial charge is 0.260 e. The normalized spacial score (nSPS) is 42.8. The molecule has 0 spiro atoms. The predicted octanol–water partition coefficient (Wildman–Crippen LogP) is 1.80. The number of hydrogen-bond acceptors (Lipinski definition) is 1. The molecule has 0 amide bonds. The highest BCUT2D eigenvalue weighted by Gasteiger charge is 2.16. The minimum absolute atomic E-state index is 0.508. The van der Waals surface area contributed by atoms with Gasteiger partial charge in [0.25, 0.3) is 0 Å². The van der Waals surface area contributed by atoms with Gasteiger partial charge in [0.2, 0.25) is 0 Å². The third kappa shape index (κ3) is 2.41. The molecule has 1 rings (SSSR count). The predicted molar refractivity (Wildman–Crippen MR) is 45.4 cm³/mol. The van der Waals surface area contributed by atoms with Crippen LogP contribution in [0.5, 0.6) is 0 Å². The van der Waals surface area contributed by atoms with E-state index in [1.807, 2.05) is 0 Å². The van der Waals surface area contributed by atoms with Crippen molar-refractivity contribution in [2.45, 2.75) is 26.7 Å². The van der Waals surface area contributed by atoms with E-state index in [-0.39, 0.29) is 0 Å². The van der Waals surface area contributed by atoms with Crippen LogP contribution in [0.1, 0.15) is 26.7 Å². The molecule has 0 aromatic rings. The van der Waals surface area contributed by atoms with Crippen LogP contribution in [-0.2, 0) is 10.8 Å². The van der Waals surface area contributed by atoms with Crippen LogP contribution in [0.15, 0.2) is 0 Å². The molecule has 3 atom stereocenters. The van der Waals surface area contributed by atoms with Gasteiger partial charge in [-0.1, -0.05) is 13.8 Å². The van der Waals surface area contributed by atoms with Gasteiger partial charge in [-0.25, -0.2) is 0 Å². The van der Waals surface area contributed by atoms with Crippen molar-refractivity contribution in [3.05, 3.63) is 0 Å². The Morgan fingerprint density at radius 1 is 1.30 bits per heavy atom. The van der Waals surface area contributed by atoms with E-state index in [2.05, 4.69) is 13.8 Å². The molecule has 1 heterocycles. The van der Waals surface area contributed by atoms with E-state index in [4.69, 9.17) is 0 Å². The summed E-state index contributed by atoms with van der Waals surface area (Å²) < 4.78 is 11.2. The first-order valence-electron chi connectivity index (χ1n) is 4.03. The molecular weight excluding hydrogens is 144 g/mol. The lowest BCUT2D eigenvalue weighted by Crippen LogP contribution is -2.06. The molecule has 3 unspecified atom stereocenters. The zero-order valence-corrected chi connectivity index (χ0v) is 7.62. The number of rotatable bonds is 0. The van der Waals surface area contributed by atoms with Crippen molar-refractivity contribution < 1.29 is 4.21 Å². The highest BCUT2D eigenvalue weighted by atomic mass is 32.2. The molecule has 0 aromatic carbocycles. The van der Waals surface area contributed by atoms with Crippen molar-refractivity contribution in [2.75, 3.05) is 11.5 Å². The maximum absolute atomic E-state index is 11.2. The Morgan fingerprint density at radius 3 is 2.70 bits per heavy atom. The Kier molecular flexibility index (Phi) is 2.90. The van der Waals surface area contributed by atoms with Gasteiger partial charge in [-0.15, -0.1) is 0 Å². The molecule has 1 aliphatic heterocycles. The fourth-order valence-electron chi connectivity index (χ4n) is 1.61. The third-order valence-electron chi connectivity index (χ3n) is 2.11. The summed E-state index contributed by atoms with van der Waals surface area (Å²) in [6.45, 7) is 4.47. The lowest BCUT2D eigenvalue weighted by molar-refractivity contribution is 0.444. The Hall–Kier alpha value is 0.150. The van der Waals surface area contributed by atoms with Gasteiger partial charge in [-0.3, -0.25) is 4.21 Å². The van der Waals surface area contributed by atoms with Crippen LogP contribution in [0.25, 0.3) is 0 Å². The molecule has 1 nitrogen and oxygen atoms in total. The lowest BCUT2D eigenvalue weighted by atomic mass is 9.97. The quantitative estimate of drug-likeness (QED) is 0.528. The Morgan fingerprint density at radius 2 is 2.00 bits per heavy atom. The Balaban J connectivity index is 2.46. The standard InChI is InChI=1S/C8H16OS/c1-7-3-4-10(9)6-8(2)5-7/h7-8H,3-6H2,1-2H3. The van der Waals surface area contributed by atoms with Crippen molar-refractivity contribution in [2.24, 2.45) is 11.8 Å². The maximum atomic E-state index is 11.2. The van der Waals surface area contributed by atoms with Gasteiger partial charge in [-0.2, -0.15) is 0 Å². The summed E-state index contributed by atoms with van der Waals surface area (Å²) in [6, 6.07) is 0. The number of hydrogen-bond donors (Lipinski definition) is 0. The molecule has 1 aliphatic rings. The smallest absolute Gasteiger partial charge is 0.0260 e. The van der Waals surface area contributed by atoms with Gasteiger partial charge in [0, 0.05) is 22.3 Å². The van der Waals surface area contributed by atoms with E-state index in [0.717, 1.165) is 23.8 Å². The second-order valence-corrected chi connectivity index (χ2v) is 5.17. The molecule has 0 aromatic heterocycles. The molecule has 0 N–H and O–H groups in total. The molecule has 0 aliphatic carbocycles. The van der Waals surface area contributed by atoms with Crippen LogP contribution in [0.2, 0.25) is 0 Å². The molecule has 0 radical (unpaired) electrons. The topological polar surface area (TPSA) is 17.1 Å². The molecule has 0 bridgehead atoms. The van der Waals surface area contributed by atoms with Crippen LogP contribution < -0.4 is 0 Å². The minimum Gasteiger partial charge on any atom is -0.260 e. The summed E-state index contributed by atoms with van der Waals surface area (Å²) in [4.78, 5) is 0. The summed E-state index contributed by atoms with van der Waals surface area (Å²) in [5.74, 6) is 3.34. The summed E-state index contributed by atoms with van der Waals surface area (Å²) in [7, 11) is -0.508. The van der Waals surface area contributed by atoms with E-state index in [9.17, 15) is 4.21 Å². The van der Waals surface area contributed by atoms with Crippen LogP contribution in [0, 0.1) is 11.8 Å². The lowest BCUT2D eigenvalue weighted by Gasteiger charge is -2.09. The summed E-state index contributed by atoms with van der Waals surface area (Å²) >= 11 is 0. The van der Waals surface area contributed by atoms with Gasteiger partial charge in [0.05, 0.1) is 0 Å². The first-order valence-corrected chi connectivity index (χ1v) is 5.52. The summed E-state index contributed by atoms with van der Waals surface area (Å²) in [5.41, 5.74) is 0. The Labute approximate surface area is 65.7 Å². The van der Waals surface area contributed by atoms with Gasteiger partial charge in [-0.05, 0) is 24.7 Å². The second kappa shape index (κ2) is 3.51. The van der Waals surface area contributed by atoms with Crippen LogP contribution in [0.3, 0.4) is 0 Å². The average Bonchev–Trinajstić information content (AvgIpc) is 1.93. The van der Waals surface area contributed by atoms with Crippen molar-refractivity contribution in [3.63, 3.8) is 0 Å². The molecule has 1 saturated heterocycles.